The van der Waals surface area contributed by atoms with E-state index in [-0.39, 0.29) is 23.0 Å². The van der Waals surface area contributed by atoms with Gasteiger partial charge < -0.3 is 15.5 Å². The highest BCUT2D eigenvalue weighted by Crippen LogP contribution is 2.23. The number of nitrogen functional groups attached to an aromatic ring is 1. The molecule has 1 aliphatic rings. The van der Waals surface area contributed by atoms with Gasteiger partial charge in [0.1, 0.15) is 4.90 Å². The SMILES string of the molecule is CN(CC(=O)N1CCCC1)c1ccc(S(N)(=O)=O)c(N)c1. The van der Waals surface area contributed by atoms with Gasteiger partial charge in [0.2, 0.25) is 15.9 Å². The van der Waals surface area contributed by atoms with Gasteiger partial charge in [-0.05, 0) is 31.0 Å². The predicted octanol–water partition coefficient (Wildman–Crippen LogP) is -0.0252. The second kappa shape index (κ2) is 5.90. The largest absolute Gasteiger partial charge is 0.398 e. The van der Waals surface area contributed by atoms with E-state index in [0.717, 1.165) is 25.9 Å². The van der Waals surface area contributed by atoms with Gasteiger partial charge in [0.05, 0.1) is 12.2 Å². The molecule has 7 nitrogen and oxygen atoms in total. The number of carbonyl (C=O) groups is 1. The molecule has 1 aromatic rings. The summed E-state index contributed by atoms with van der Waals surface area (Å²) in [5.41, 5.74) is 6.47. The van der Waals surface area contributed by atoms with E-state index in [1.54, 1.807) is 18.0 Å². The molecule has 0 atom stereocenters. The Morgan fingerprint density at radius 3 is 2.48 bits per heavy atom. The van der Waals surface area contributed by atoms with E-state index in [2.05, 4.69) is 0 Å². The van der Waals surface area contributed by atoms with Crippen LogP contribution < -0.4 is 15.8 Å². The van der Waals surface area contributed by atoms with Crippen molar-refractivity contribution in [1.29, 1.82) is 0 Å². The highest BCUT2D eigenvalue weighted by Gasteiger charge is 2.20. The van der Waals surface area contributed by atoms with Crippen LogP contribution in [0.5, 0.6) is 0 Å². The first-order valence-corrected chi connectivity index (χ1v) is 8.25. The molecule has 1 amide bonds. The minimum atomic E-state index is -3.83. The number of nitrogens with zero attached hydrogens (tertiary/aromatic N) is 2. The molecule has 0 radical (unpaired) electrons. The summed E-state index contributed by atoms with van der Waals surface area (Å²) in [6.45, 7) is 1.84. The first-order chi connectivity index (χ1) is 9.79. The van der Waals surface area contributed by atoms with Crippen LogP contribution in [0.1, 0.15) is 12.8 Å². The third-order valence-electron chi connectivity index (χ3n) is 3.57. The lowest BCUT2D eigenvalue weighted by Gasteiger charge is -2.23. The highest BCUT2D eigenvalue weighted by molar-refractivity contribution is 7.89. The summed E-state index contributed by atoms with van der Waals surface area (Å²) in [4.78, 5) is 15.5. The number of carbonyl (C=O) groups excluding carboxylic acids is 1. The molecule has 21 heavy (non-hydrogen) atoms. The van der Waals surface area contributed by atoms with Crippen molar-refractivity contribution in [2.45, 2.75) is 17.7 Å². The van der Waals surface area contributed by atoms with Crippen LogP contribution >= 0.6 is 0 Å². The van der Waals surface area contributed by atoms with Gasteiger partial charge >= 0.3 is 0 Å². The molecular formula is C13H20N4O3S. The van der Waals surface area contributed by atoms with Crippen molar-refractivity contribution in [3.63, 3.8) is 0 Å². The minimum absolute atomic E-state index is 0.0593. The maximum absolute atomic E-state index is 12.1. The summed E-state index contributed by atoms with van der Waals surface area (Å²) in [6.07, 6.45) is 2.09. The zero-order valence-electron chi connectivity index (χ0n) is 11.9. The maximum Gasteiger partial charge on any atom is 0.242 e. The standard InChI is InChI=1S/C13H20N4O3S/c1-16(9-13(18)17-6-2-3-7-17)10-4-5-12(11(14)8-10)21(15,19)20/h4-5,8H,2-3,6-7,9,14H2,1H3,(H2,15,19,20). The average Bonchev–Trinajstić information content (AvgIpc) is 2.90. The quantitative estimate of drug-likeness (QED) is 0.759. The zero-order chi connectivity index (χ0) is 15.6. The molecule has 116 valence electrons. The Morgan fingerprint density at radius 1 is 1.33 bits per heavy atom. The van der Waals surface area contributed by atoms with Gasteiger partial charge in [-0.15, -0.1) is 0 Å². The summed E-state index contributed by atoms with van der Waals surface area (Å²) in [5.74, 6) is 0.0593. The Balaban J connectivity index is 2.11. The molecule has 2 rings (SSSR count). The van der Waals surface area contributed by atoms with Crippen LogP contribution in [0.4, 0.5) is 11.4 Å². The number of anilines is 2. The van der Waals surface area contributed by atoms with Crippen molar-refractivity contribution in [2.24, 2.45) is 5.14 Å². The van der Waals surface area contributed by atoms with Crippen LogP contribution in [-0.2, 0) is 14.8 Å². The zero-order valence-corrected chi connectivity index (χ0v) is 12.8. The minimum Gasteiger partial charge on any atom is -0.398 e. The number of likely N-dealkylation sites (tertiary alicyclic amines) is 1. The van der Waals surface area contributed by atoms with Gasteiger partial charge in [-0.25, -0.2) is 13.6 Å². The fourth-order valence-corrected chi connectivity index (χ4v) is 3.04. The lowest BCUT2D eigenvalue weighted by atomic mass is 10.2. The average molecular weight is 312 g/mol. The summed E-state index contributed by atoms with van der Waals surface area (Å²) in [5, 5.41) is 5.07. The van der Waals surface area contributed by atoms with Gasteiger partial charge in [-0.1, -0.05) is 0 Å². The summed E-state index contributed by atoms with van der Waals surface area (Å²) < 4.78 is 22.6. The fourth-order valence-electron chi connectivity index (χ4n) is 2.39. The number of rotatable bonds is 4. The predicted molar refractivity (Wildman–Crippen MR) is 81.3 cm³/mol. The Morgan fingerprint density at radius 2 is 1.95 bits per heavy atom. The Hall–Kier alpha value is -1.80. The summed E-state index contributed by atoms with van der Waals surface area (Å²) in [6, 6.07) is 4.46. The number of primary sulfonamides is 1. The molecule has 1 aromatic carbocycles. The smallest absolute Gasteiger partial charge is 0.242 e. The van der Waals surface area contributed by atoms with Gasteiger partial charge in [0.15, 0.2) is 0 Å². The van der Waals surface area contributed by atoms with Crippen LogP contribution in [0.25, 0.3) is 0 Å². The van der Waals surface area contributed by atoms with Crippen molar-refractivity contribution in [2.75, 3.05) is 37.3 Å². The maximum atomic E-state index is 12.1. The monoisotopic (exact) mass is 312 g/mol. The van der Waals surface area contributed by atoms with Crippen LogP contribution in [0.2, 0.25) is 0 Å². The molecule has 0 aromatic heterocycles. The third-order valence-corrected chi connectivity index (χ3v) is 4.56. The number of hydrogen-bond acceptors (Lipinski definition) is 5. The molecule has 0 aliphatic carbocycles. The molecule has 1 fully saturated rings. The van der Waals surface area contributed by atoms with Crippen LogP contribution in [-0.4, -0.2) is 45.9 Å². The molecule has 4 N–H and O–H groups in total. The number of amides is 1. The van der Waals surface area contributed by atoms with Crippen molar-refractivity contribution in [3.05, 3.63) is 18.2 Å². The Bertz CT molecular complexity index is 639. The van der Waals surface area contributed by atoms with E-state index in [0.29, 0.717) is 5.69 Å². The highest BCUT2D eigenvalue weighted by atomic mass is 32.2. The number of likely N-dealkylation sites (N-methyl/N-ethyl adjacent to an activating group) is 1. The van der Waals surface area contributed by atoms with Crippen LogP contribution in [0.15, 0.2) is 23.1 Å². The number of benzene rings is 1. The number of nitrogens with two attached hydrogens (primary N) is 2. The number of hydrogen-bond donors (Lipinski definition) is 2. The van der Waals surface area contributed by atoms with Gasteiger partial charge in [0, 0.05) is 25.8 Å². The molecule has 1 aliphatic heterocycles. The first-order valence-electron chi connectivity index (χ1n) is 6.70. The molecule has 1 heterocycles. The van der Waals surface area contributed by atoms with E-state index >= 15 is 0 Å². The molecule has 0 spiro atoms. The topological polar surface area (TPSA) is 110 Å². The molecule has 0 saturated carbocycles. The van der Waals surface area contributed by atoms with Crippen LogP contribution in [0, 0.1) is 0 Å². The lowest BCUT2D eigenvalue weighted by molar-refractivity contribution is -0.128. The van der Waals surface area contributed by atoms with Crippen molar-refractivity contribution in [3.8, 4) is 0 Å². The molecule has 8 heteroatoms. The molecule has 0 bridgehead atoms. The van der Waals surface area contributed by atoms with Gasteiger partial charge in [-0.2, -0.15) is 0 Å². The number of sulfonamides is 1. The Labute approximate surface area is 124 Å². The molecular weight excluding hydrogens is 292 g/mol. The second-order valence-electron chi connectivity index (χ2n) is 5.21. The van der Waals surface area contributed by atoms with Crippen molar-refractivity contribution in [1.82, 2.24) is 4.90 Å². The van der Waals surface area contributed by atoms with Crippen molar-refractivity contribution < 1.29 is 13.2 Å². The van der Waals surface area contributed by atoms with E-state index < -0.39 is 10.0 Å². The Kier molecular flexibility index (Phi) is 4.38. The van der Waals surface area contributed by atoms with E-state index in [1.165, 1.54) is 12.1 Å². The normalized spacial score (nSPS) is 15.2. The molecule has 1 saturated heterocycles. The van der Waals surface area contributed by atoms with Gasteiger partial charge in [-0.3, -0.25) is 4.79 Å². The van der Waals surface area contributed by atoms with Gasteiger partial charge in [0.25, 0.3) is 0 Å². The van der Waals surface area contributed by atoms with E-state index in [4.69, 9.17) is 10.9 Å². The summed E-state index contributed by atoms with van der Waals surface area (Å²) in [7, 11) is -2.07. The van der Waals surface area contributed by atoms with E-state index in [9.17, 15) is 13.2 Å². The third kappa shape index (κ3) is 3.64. The van der Waals surface area contributed by atoms with E-state index in [1.807, 2.05) is 4.90 Å². The second-order valence-corrected chi connectivity index (χ2v) is 6.74. The molecule has 0 unspecified atom stereocenters. The fraction of sp³-hybridized carbons (Fsp3) is 0.462. The lowest BCUT2D eigenvalue weighted by Crippen LogP contribution is -2.37. The summed E-state index contributed by atoms with van der Waals surface area (Å²) >= 11 is 0. The van der Waals surface area contributed by atoms with Crippen molar-refractivity contribution >= 4 is 27.3 Å². The van der Waals surface area contributed by atoms with Crippen LogP contribution in [0.3, 0.4) is 0 Å². The first kappa shape index (κ1) is 15.6.